The minimum absolute atomic E-state index is 0.182. The van der Waals surface area contributed by atoms with E-state index in [0.717, 1.165) is 24.5 Å². The monoisotopic (exact) mass is 264 g/mol. The second kappa shape index (κ2) is 4.63. The normalized spacial score (nSPS) is 21.3. The first-order valence-electron chi connectivity index (χ1n) is 6.69. The third-order valence-corrected chi connectivity index (χ3v) is 3.16. The van der Waals surface area contributed by atoms with E-state index in [9.17, 15) is 0 Å². The van der Waals surface area contributed by atoms with E-state index in [-0.39, 0.29) is 11.2 Å². The van der Waals surface area contributed by atoms with Gasteiger partial charge in [-0.25, -0.2) is 4.98 Å². The number of ether oxygens (including phenoxy) is 1. The van der Waals surface area contributed by atoms with Crippen molar-refractivity contribution in [3.63, 3.8) is 0 Å². The van der Waals surface area contributed by atoms with Gasteiger partial charge >= 0.3 is 0 Å². The number of rotatable bonds is 2. The summed E-state index contributed by atoms with van der Waals surface area (Å²) in [7, 11) is 1.83. The third-order valence-electron chi connectivity index (χ3n) is 3.16. The molecule has 5 heteroatoms. The first kappa shape index (κ1) is 14.1. The second-order valence-corrected chi connectivity index (χ2v) is 6.43. The quantitative estimate of drug-likeness (QED) is 0.887. The molecule has 0 bridgehead atoms. The first-order valence-corrected chi connectivity index (χ1v) is 6.69. The van der Waals surface area contributed by atoms with Crippen LogP contribution in [0.3, 0.4) is 0 Å². The van der Waals surface area contributed by atoms with Crippen LogP contribution in [0.25, 0.3) is 0 Å². The molecule has 1 aromatic rings. The Morgan fingerprint density at radius 1 is 1.21 bits per heavy atom. The molecule has 0 aliphatic carbocycles. The Bertz CT molecular complexity index is 455. The van der Waals surface area contributed by atoms with Crippen LogP contribution in [0.1, 0.15) is 33.3 Å². The summed E-state index contributed by atoms with van der Waals surface area (Å²) in [5.41, 5.74) is 0.727. The lowest BCUT2D eigenvalue weighted by Gasteiger charge is -2.47. The molecule has 0 saturated carbocycles. The van der Waals surface area contributed by atoms with Crippen molar-refractivity contribution in [2.24, 2.45) is 0 Å². The van der Waals surface area contributed by atoms with E-state index in [2.05, 4.69) is 47.9 Å². The lowest BCUT2D eigenvalue weighted by molar-refractivity contribution is -0.133. The first-order chi connectivity index (χ1) is 8.72. The van der Waals surface area contributed by atoms with Gasteiger partial charge in [0.05, 0.1) is 11.2 Å². The summed E-state index contributed by atoms with van der Waals surface area (Å²) in [6.45, 7) is 12.2. The van der Waals surface area contributed by atoms with Gasteiger partial charge in [-0.05, 0) is 34.6 Å². The summed E-state index contributed by atoms with van der Waals surface area (Å²) in [6, 6.07) is 0. The Balaban J connectivity index is 2.35. The maximum Gasteiger partial charge on any atom is 0.224 e. The van der Waals surface area contributed by atoms with Crippen molar-refractivity contribution in [1.29, 1.82) is 0 Å². The van der Waals surface area contributed by atoms with Gasteiger partial charge in [0.15, 0.2) is 0 Å². The van der Waals surface area contributed by atoms with Crippen LogP contribution in [0.5, 0.6) is 0 Å². The molecule has 1 aromatic heterocycles. The van der Waals surface area contributed by atoms with Gasteiger partial charge < -0.3 is 15.0 Å². The maximum absolute atomic E-state index is 6.11. The standard InChI is InChI=1S/C14H24N4O/c1-10-7-16-12(15-6)17-11(10)18-8-13(2,3)19-14(4,5)9-18/h7H,8-9H2,1-6H3,(H,15,16,17). The highest BCUT2D eigenvalue weighted by atomic mass is 16.5. The molecule has 2 heterocycles. The Kier molecular flexibility index (Phi) is 3.43. The van der Waals surface area contributed by atoms with Crippen LogP contribution < -0.4 is 10.2 Å². The SMILES string of the molecule is CNc1ncc(C)c(N2CC(C)(C)OC(C)(C)C2)n1. The van der Waals surface area contributed by atoms with Crippen LogP contribution in [0, 0.1) is 6.92 Å². The summed E-state index contributed by atoms with van der Waals surface area (Å²) >= 11 is 0. The van der Waals surface area contributed by atoms with Crippen LogP contribution in [-0.4, -0.2) is 41.3 Å². The summed E-state index contributed by atoms with van der Waals surface area (Å²) in [4.78, 5) is 11.1. The molecule has 106 valence electrons. The van der Waals surface area contributed by atoms with Crippen molar-refractivity contribution in [2.45, 2.75) is 45.8 Å². The lowest BCUT2D eigenvalue weighted by atomic mass is 9.98. The zero-order valence-electron chi connectivity index (χ0n) is 12.7. The van der Waals surface area contributed by atoms with Crippen molar-refractivity contribution >= 4 is 11.8 Å². The third kappa shape index (κ3) is 3.15. The van der Waals surface area contributed by atoms with E-state index in [0.29, 0.717) is 5.95 Å². The van der Waals surface area contributed by atoms with Crippen molar-refractivity contribution in [3.8, 4) is 0 Å². The van der Waals surface area contributed by atoms with Crippen LogP contribution in [0.4, 0.5) is 11.8 Å². The maximum atomic E-state index is 6.11. The van der Waals surface area contributed by atoms with Crippen LogP contribution in [-0.2, 0) is 4.74 Å². The number of nitrogens with zero attached hydrogens (tertiary/aromatic N) is 3. The molecule has 2 rings (SSSR count). The van der Waals surface area contributed by atoms with E-state index < -0.39 is 0 Å². The lowest BCUT2D eigenvalue weighted by Crippen LogP contribution is -2.57. The van der Waals surface area contributed by atoms with Crippen molar-refractivity contribution in [2.75, 3.05) is 30.4 Å². The summed E-state index contributed by atoms with van der Waals surface area (Å²) in [5.74, 6) is 1.64. The molecule has 0 radical (unpaired) electrons. The number of aromatic nitrogens is 2. The van der Waals surface area contributed by atoms with Crippen LogP contribution >= 0.6 is 0 Å². The van der Waals surface area contributed by atoms with Gasteiger partial charge in [0.2, 0.25) is 5.95 Å². The van der Waals surface area contributed by atoms with E-state index in [1.54, 1.807) is 0 Å². The van der Waals surface area contributed by atoms with Crippen LogP contribution in [0.15, 0.2) is 6.20 Å². The van der Waals surface area contributed by atoms with Crippen molar-refractivity contribution < 1.29 is 4.74 Å². The smallest absolute Gasteiger partial charge is 0.224 e. The Morgan fingerprint density at radius 2 is 1.79 bits per heavy atom. The average Bonchev–Trinajstić information content (AvgIpc) is 2.25. The van der Waals surface area contributed by atoms with E-state index in [4.69, 9.17) is 4.74 Å². The van der Waals surface area contributed by atoms with E-state index >= 15 is 0 Å². The predicted molar refractivity (Wildman–Crippen MR) is 77.8 cm³/mol. The molecule has 1 aliphatic rings. The zero-order chi connectivity index (χ0) is 14.3. The van der Waals surface area contributed by atoms with Gasteiger partial charge in [0.1, 0.15) is 5.82 Å². The topological polar surface area (TPSA) is 50.3 Å². The van der Waals surface area contributed by atoms with Gasteiger partial charge in [-0.15, -0.1) is 0 Å². The fourth-order valence-electron chi connectivity index (χ4n) is 2.81. The molecule has 1 N–H and O–H groups in total. The minimum Gasteiger partial charge on any atom is -0.366 e. The highest BCUT2D eigenvalue weighted by Crippen LogP contribution is 2.31. The Hall–Kier alpha value is -1.36. The molecule has 0 amide bonds. The van der Waals surface area contributed by atoms with Gasteiger partial charge in [-0.2, -0.15) is 4.98 Å². The minimum atomic E-state index is -0.182. The van der Waals surface area contributed by atoms with Gasteiger partial charge in [0, 0.05) is 31.9 Å². The molecule has 1 saturated heterocycles. The Labute approximate surface area is 115 Å². The highest BCUT2D eigenvalue weighted by Gasteiger charge is 2.39. The van der Waals surface area contributed by atoms with Crippen molar-refractivity contribution in [1.82, 2.24) is 9.97 Å². The molecule has 0 unspecified atom stereocenters. The summed E-state index contributed by atoms with van der Waals surface area (Å²) in [6.07, 6.45) is 1.86. The molecule has 19 heavy (non-hydrogen) atoms. The zero-order valence-corrected chi connectivity index (χ0v) is 12.7. The molecule has 0 atom stereocenters. The number of hydrogen-bond donors (Lipinski definition) is 1. The molecule has 0 spiro atoms. The predicted octanol–water partition coefficient (Wildman–Crippen LogP) is 2.22. The summed E-state index contributed by atoms with van der Waals surface area (Å²) in [5, 5.41) is 2.99. The molecular formula is C14H24N4O. The number of aryl methyl sites for hydroxylation is 1. The number of morpholine rings is 1. The molecule has 1 aliphatic heterocycles. The van der Waals surface area contributed by atoms with Gasteiger partial charge in [-0.3, -0.25) is 0 Å². The summed E-state index contributed by atoms with van der Waals surface area (Å²) < 4.78 is 6.11. The van der Waals surface area contributed by atoms with E-state index in [1.807, 2.05) is 20.2 Å². The largest absolute Gasteiger partial charge is 0.366 e. The second-order valence-electron chi connectivity index (χ2n) is 6.43. The van der Waals surface area contributed by atoms with E-state index in [1.165, 1.54) is 0 Å². The fourth-order valence-corrected chi connectivity index (χ4v) is 2.81. The fraction of sp³-hybridized carbons (Fsp3) is 0.714. The number of anilines is 2. The molecule has 5 nitrogen and oxygen atoms in total. The molecular weight excluding hydrogens is 240 g/mol. The van der Waals surface area contributed by atoms with Crippen molar-refractivity contribution in [3.05, 3.63) is 11.8 Å². The molecule has 1 fully saturated rings. The number of nitrogens with one attached hydrogen (secondary N) is 1. The Morgan fingerprint density at radius 3 is 2.32 bits per heavy atom. The molecule has 0 aromatic carbocycles. The average molecular weight is 264 g/mol. The highest BCUT2D eigenvalue weighted by molar-refractivity contribution is 5.50. The van der Waals surface area contributed by atoms with Gasteiger partial charge in [-0.1, -0.05) is 0 Å². The van der Waals surface area contributed by atoms with Gasteiger partial charge in [0.25, 0.3) is 0 Å². The number of hydrogen-bond acceptors (Lipinski definition) is 5. The van der Waals surface area contributed by atoms with Crippen LogP contribution in [0.2, 0.25) is 0 Å².